The first-order valence-electron chi connectivity index (χ1n) is 14.2. The van der Waals surface area contributed by atoms with Crippen molar-refractivity contribution in [3.63, 3.8) is 0 Å². The van der Waals surface area contributed by atoms with Crippen LogP contribution in [0.4, 0.5) is 18.9 Å². The molecule has 3 fully saturated rings. The van der Waals surface area contributed by atoms with Crippen molar-refractivity contribution in [2.45, 2.75) is 70.1 Å². The number of rotatable bonds is 6. The zero-order valence-corrected chi connectivity index (χ0v) is 23.0. The van der Waals surface area contributed by atoms with Crippen LogP contribution in [0.3, 0.4) is 0 Å². The summed E-state index contributed by atoms with van der Waals surface area (Å²) >= 11 is 0. The van der Waals surface area contributed by atoms with Crippen LogP contribution in [0.15, 0.2) is 42.7 Å². The molecule has 1 saturated heterocycles. The molecule has 3 heterocycles. The molecule has 0 N–H and O–H groups in total. The van der Waals surface area contributed by atoms with E-state index in [9.17, 15) is 18.0 Å². The van der Waals surface area contributed by atoms with Crippen LogP contribution in [0.5, 0.6) is 0 Å². The largest absolute Gasteiger partial charge is 0.416 e. The zero-order chi connectivity index (χ0) is 27.9. The first kappa shape index (κ1) is 25.7. The fraction of sp³-hybridized carbons (Fsp3) is 0.516. The van der Waals surface area contributed by atoms with Gasteiger partial charge in [0.15, 0.2) is 0 Å². The number of benzene rings is 2. The monoisotopic (exact) mass is 549 g/mol. The Balaban J connectivity index is 1.19. The van der Waals surface area contributed by atoms with E-state index in [0.29, 0.717) is 29.1 Å². The average Bonchev–Trinajstić information content (AvgIpc) is 3.16. The fourth-order valence-corrected chi connectivity index (χ4v) is 7.56. The van der Waals surface area contributed by atoms with Gasteiger partial charge in [-0.2, -0.15) is 13.2 Å². The van der Waals surface area contributed by atoms with Gasteiger partial charge in [0.1, 0.15) is 12.2 Å². The van der Waals surface area contributed by atoms with E-state index in [-0.39, 0.29) is 29.0 Å². The number of fused-ring (bicyclic) bond motifs is 1. The summed E-state index contributed by atoms with van der Waals surface area (Å²) in [7, 11) is 1.93. The van der Waals surface area contributed by atoms with Gasteiger partial charge in [0.25, 0.3) is 5.91 Å². The molecule has 210 valence electrons. The van der Waals surface area contributed by atoms with Crippen LogP contribution in [0.25, 0.3) is 0 Å². The number of aryl methyl sites for hydroxylation is 1. The summed E-state index contributed by atoms with van der Waals surface area (Å²) in [6, 6.07) is 10.8. The minimum atomic E-state index is -4.52. The first-order valence-corrected chi connectivity index (χ1v) is 14.2. The van der Waals surface area contributed by atoms with Crippen molar-refractivity contribution in [1.29, 1.82) is 0 Å². The lowest BCUT2D eigenvalue weighted by Crippen LogP contribution is -2.42. The van der Waals surface area contributed by atoms with Crippen molar-refractivity contribution in [3.8, 4) is 0 Å². The van der Waals surface area contributed by atoms with Crippen molar-refractivity contribution >= 4 is 11.6 Å². The van der Waals surface area contributed by atoms with Gasteiger partial charge in [-0.25, -0.2) is 0 Å². The Kier molecular flexibility index (Phi) is 5.73. The summed E-state index contributed by atoms with van der Waals surface area (Å²) in [5, 5.41) is 8.33. The van der Waals surface area contributed by atoms with Crippen LogP contribution in [0.1, 0.15) is 77.5 Å². The van der Waals surface area contributed by atoms with Crippen LogP contribution < -0.4 is 4.90 Å². The lowest BCUT2D eigenvalue weighted by molar-refractivity contribution is -0.138. The third kappa shape index (κ3) is 4.33. The molecule has 9 heteroatoms. The van der Waals surface area contributed by atoms with Crippen molar-refractivity contribution < 1.29 is 18.0 Å². The summed E-state index contributed by atoms with van der Waals surface area (Å²) in [6.45, 7) is 4.44. The van der Waals surface area contributed by atoms with Crippen LogP contribution in [0.2, 0.25) is 0 Å². The molecule has 3 aromatic rings. The molecular weight excluding hydrogens is 515 g/mol. The molecule has 0 atom stereocenters. The molecule has 7 rings (SSSR count). The highest BCUT2D eigenvalue weighted by molar-refractivity contribution is 6.10. The smallest absolute Gasteiger partial charge is 0.321 e. The van der Waals surface area contributed by atoms with Gasteiger partial charge in [-0.05, 0) is 90.9 Å². The predicted octanol–water partition coefficient (Wildman–Crippen LogP) is 5.89. The number of halogens is 3. The molecule has 2 saturated carbocycles. The molecule has 4 aliphatic rings. The first-order chi connectivity index (χ1) is 19.0. The molecule has 1 amide bonds. The number of anilines is 1. The molecule has 6 nitrogen and oxygen atoms in total. The molecular formula is C31H34F3N5O. The lowest BCUT2D eigenvalue weighted by Gasteiger charge is -2.47. The normalized spacial score (nSPS) is 25.5. The quantitative estimate of drug-likeness (QED) is 0.385. The molecule has 0 unspecified atom stereocenters. The Labute approximate surface area is 232 Å². The van der Waals surface area contributed by atoms with E-state index in [2.05, 4.69) is 28.1 Å². The van der Waals surface area contributed by atoms with Crippen molar-refractivity contribution in [2.24, 2.45) is 18.4 Å². The molecule has 2 aliphatic carbocycles. The summed E-state index contributed by atoms with van der Waals surface area (Å²) in [6.07, 6.45) is 3.41. The lowest BCUT2D eigenvalue weighted by atomic mass is 9.57. The number of amides is 1. The Bertz CT molecular complexity index is 1480. The molecule has 0 radical (unpaired) electrons. The second kappa shape index (κ2) is 8.90. The Hall–Kier alpha value is -3.20. The predicted molar refractivity (Wildman–Crippen MR) is 145 cm³/mol. The van der Waals surface area contributed by atoms with Gasteiger partial charge >= 0.3 is 6.18 Å². The van der Waals surface area contributed by atoms with E-state index in [4.69, 9.17) is 0 Å². The van der Waals surface area contributed by atoms with Crippen LogP contribution in [-0.4, -0.2) is 38.7 Å². The molecule has 1 spiro atoms. The number of nitrogens with zero attached hydrogens (tertiary/aromatic N) is 5. The third-order valence-corrected chi connectivity index (χ3v) is 9.84. The van der Waals surface area contributed by atoms with E-state index >= 15 is 0 Å². The van der Waals surface area contributed by atoms with Crippen molar-refractivity contribution in [3.05, 3.63) is 76.4 Å². The van der Waals surface area contributed by atoms with Gasteiger partial charge in [-0.15, -0.1) is 10.2 Å². The highest BCUT2D eigenvalue weighted by atomic mass is 19.4. The van der Waals surface area contributed by atoms with Crippen LogP contribution in [-0.2, 0) is 38.1 Å². The molecule has 2 aromatic carbocycles. The second-order valence-electron chi connectivity index (χ2n) is 12.9. The van der Waals surface area contributed by atoms with Gasteiger partial charge in [0.2, 0.25) is 0 Å². The summed E-state index contributed by atoms with van der Waals surface area (Å²) in [5.74, 6) is 1.10. The molecule has 0 bridgehead atoms. The summed E-state index contributed by atoms with van der Waals surface area (Å²) in [5.41, 5.74) is 2.14. The van der Waals surface area contributed by atoms with Gasteiger partial charge in [0, 0.05) is 43.2 Å². The Morgan fingerprint density at radius 1 is 1.10 bits per heavy atom. The molecule has 2 aliphatic heterocycles. The molecule has 40 heavy (non-hydrogen) atoms. The van der Waals surface area contributed by atoms with Gasteiger partial charge in [0.05, 0.1) is 12.1 Å². The maximum absolute atomic E-state index is 14.3. The zero-order valence-electron chi connectivity index (χ0n) is 23.0. The second-order valence-corrected chi connectivity index (χ2v) is 12.9. The van der Waals surface area contributed by atoms with Gasteiger partial charge in [-0.1, -0.05) is 19.1 Å². The summed E-state index contributed by atoms with van der Waals surface area (Å²) in [4.78, 5) is 17.5. The topological polar surface area (TPSA) is 54.3 Å². The molecule has 1 aromatic heterocycles. The maximum Gasteiger partial charge on any atom is 0.416 e. The van der Waals surface area contributed by atoms with Crippen LogP contribution in [0, 0.1) is 11.3 Å². The van der Waals surface area contributed by atoms with Crippen LogP contribution >= 0.6 is 0 Å². The fourth-order valence-electron chi connectivity index (χ4n) is 7.56. The average molecular weight is 550 g/mol. The Morgan fingerprint density at radius 2 is 1.90 bits per heavy atom. The minimum Gasteiger partial charge on any atom is -0.321 e. The number of aromatic nitrogens is 3. The summed E-state index contributed by atoms with van der Waals surface area (Å²) < 4.78 is 44.8. The Morgan fingerprint density at radius 3 is 2.55 bits per heavy atom. The van der Waals surface area contributed by atoms with Crippen molar-refractivity contribution in [1.82, 2.24) is 19.7 Å². The van der Waals surface area contributed by atoms with Gasteiger partial charge in [-0.3, -0.25) is 9.69 Å². The van der Waals surface area contributed by atoms with Crippen molar-refractivity contribution in [2.75, 3.05) is 18.0 Å². The number of likely N-dealkylation sites (tertiary alicyclic amines) is 1. The third-order valence-electron chi connectivity index (χ3n) is 9.84. The minimum absolute atomic E-state index is 0.0771. The number of carbonyl (C=O) groups is 1. The van der Waals surface area contributed by atoms with E-state index in [0.717, 1.165) is 50.2 Å². The highest BCUT2D eigenvalue weighted by Crippen LogP contribution is 2.53. The van der Waals surface area contributed by atoms with E-state index in [1.807, 2.05) is 29.8 Å². The SMILES string of the molecule is CC1CC(Cc2nncn2C)(c2cccc(N3Cc4c(cc(CN5CCC6(CC6)C5)cc4C(F)(F)F)C3=O)c2)C1. The number of hydrogen-bond acceptors (Lipinski definition) is 4. The van der Waals surface area contributed by atoms with E-state index in [1.54, 1.807) is 12.4 Å². The standard InChI is InChI=1S/C31H34F3N5O/c1-20-13-30(14-20,15-27-36-35-19-37(27)2)22-4-3-5-23(12-22)39-17-25-24(28(39)40)10-21(11-26(25)31(32,33)34)16-38-9-8-29(18-38)6-7-29/h3-5,10-12,19-20H,6-9,13-18H2,1-2H3. The highest BCUT2D eigenvalue weighted by Gasteiger charge is 2.48. The number of alkyl halides is 3. The number of hydrogen-bond donors (Lipinski definition) is 0. The van der Waals surface area contributed by atoms with E-state index < -0.39 is 11.7 Å². The van der Waals surface area contributed by atoms with E-state index in [1.165, 1.54) is 23.8 Å². The number of carbonyl (C=O) groups excluding carboxylic acids is 1. The maximum atomic E-state index is 14.3. The van der Waals surface area contributed by atoms with Gasteiger partial charge < -0.3 is 9.47 Å².